The molecule has 0 amide bonds. The van der Waals surface area contributed by atoms with Crippen molar-refractivity contribution in [2.45, 2.75) is 11.2 Å². The van der Waals surface area contributed by atoms with Gasteiger partial charge in [0.25, 0.3) is 0 Å². The van der Waals surface area contributed by atoms with E-state index in [1.807, 2.05) is 18.2 Å². The monoisotopic (exact) mass is 384 g/mol. The van der Waals surface area contributed by atoms with Crippen LogP contribution in [0.2, 0.25) is 0 Å². The quantitative estimate of drug-likeness (QED) is 0.660. The Balaban J connectivity index is 2.02. The van der Waals surface area contributed by atoms with Crippen molar-refractivity contribution >= 4 is 31.9 Å². The molecule has 3 rings (SSSR count). The minimum Gasteiger partial charge on any atom is -0.493 e. The second-order valence-electron chi connectivity index (χ2n) is 4.46. The summed E-state index contributed by atoms with van der Waals surface area (Å²) in [5.74, 6) is 0.726. The van der Waals surface area contributed by atoms with E-state index in [9.17, 15) is 4.39 Å². The standard InChI is InChI=1S/C15H11Br2FO/c16-11-2-1-3-12(18)14(11)15(17)10-4-5-13-9(8-10)6-7-19-13/h1-5,8,15H,6-7H2. The molecule has 4 heteroatoms. The highest BCUT2D eigenvalue weighted by Crippen LogP contribution is 2.39. The summed E-state index contributed by atoms with van der Waals surface area (Å²) in [6.45, 7) is 0.731. The lowest BCUT2D eigenvalue weighted by atomic mass is 10.0. The van der Waals surface area contributed by atoms with Gasteiger partial charge in [0.05, 0.1) is 11.4 Å². The fourth-order valence-electron chi connectivity index (χ4n) is 2.28. The van der Waals surface area contributed by atoms with Crippen LogP contribution in [-0.2, 0) is 6.42 Å². The Kier molecular flexibility index (Phi) is 3.63. The second-order valence-corrected chi connectivity index (χ2v) is 6.23. The zero-order valence-electron chi connectivity index (χ0n) is 10.00. The predicted octanol–water partition coefficient (Wildman–Crippen LogP) is 5.01. The van der Waals surface area contributed by atoms with Crippen molar-refractivity contribution in [2.24, 2.45) is 0 Å². The van der Waals surface area contributed by atoms with Crippen molar-refractivity contribution in [3.8, 4) is 5.75 Å². The van der Waals surface area contributed by atoms with Gasteiger partial charge in [-0.15, -0.1) is 0 Å². The fraction of sp³-hybridized carbons (Fsp3) is 0.200. The van der Waals surface area contributed by atoms with Crippen LogP contribution in [0.3, 0.4) is 0 Å². The van der Waals surface area contributed by atoms with Crippen molar-refractivity contribution in [3.63, 3.8) is 0 Å². The molecule has 1 atom stereocenters. The molecule has 2 aromatic rings. The van der Waals surface area contributed by atoms with Gasteiger partial charge in [-0.25, -0.2) is 4.39 Å². The SMILES string of the molecule is Fc1cccc(Br)c1C(Br)c1ccc2c(c1)CCO2. The third-order valence-electron chi connectivity index (χ3n) is 3.26. The first-order chi connectivity index (χ1) is 9.16. The van der Waals surface area contributed by atoms with Crippen LogP contribution in [0, 0.1) is 5.82 Å². The van der Waals surface area contributed by atoms with Crippen LogP contribution in [0.1, 0.15) is 21.5 Å². The number of hydrogen-bond acceptors (Lipinski definition) is 1. The molecule has 1 unspecified atom stereocenters. The van der Waals surface area contributed by atoms with Crippen LogP contribution < -0.4 is 4.74 Å². The number of alkyl halides is 1. The van der Waals surface area contributed by atoms with E-state index in [0.29, 0.717) is 5.56 Å². The number of hydrogen-bond donors (Lipinski definition) is 0. The van der Waals surface area contributed by atoms with Gasteiger partial charge in [0.2, 0.25) is 0 Å². The molecule has 0 aromatic heterocycles. The summed E-state index contributed by atoms with van der Waals surface area (Å²) in [4.78, 5) is -0.172. The molecule has 1 aliphatic rings. The molecule has 0 saturated heterocycles. The van der Waals surface area contributed by atoms with Crippen LogP contribution in [0.4, 0.5) is 4.39 Å². The molecule has 19 heavy (non-hydrogen) atoms. The van der Waals surface area contributed by atoms with E-state index in [4.69, 9.17) is 4.74 Å². The van der Waals surface area contributed by atoms with E-state index in [2.05, 4.69) is 37.9 Å². The van der Waals surface area contributed by atoms with Crippen molar-refractivity contribution < 1.29 is 9.13 Å². The van der Waals surface area contributed by atoms with Crippen molar-refractivity contribution in [2.75, 3.05) is 6.61 Å². The summed E-state index contributed by atoms with van der Waals surface area (Å²) in [6, 6.07) is 11.0. The molecule has 1 heterocycles. The molecular weight excluding hydrogens is 375 g/mol. The zero-order chi connectivity index (χ0) is 13.4. The lowest BCUT2D eigenvalue weighted by Crippen LogP contribution is -1.98. The summed E-state index contributed by atoms with van der Waals surface area (Å²) >= 11 is 7.01. The molecule has 1 nitrogen and oxygen atoms in total. The molecule has 0 spiro atoms. The number of ether oxygens (including phenoxy) is 1. The van der Waals surface area contributed by atoms with E-state index in [1.54, 1.807) is 6.07 Å². The van der Waals surface area contributed by atoms with Gasteiger partial charge in [0.1, 0.15) is 11.6 Å². The van der Waals surface area contributed by atoms with Crippen LogP contribution in [0.15, 0.2) is 40.9 Å². The molecular formula is C15H11Br2FO. The van der Waals surface area contributed by atoms with Crippen LogP contribution >= 0.6 is 31.9 Å². The number of rotatable bonds is 2. The van der Waals surface area contributed by atoms with Gasteiger partial charge in [-0.3, -0.25) is 0 Å². The first kappa shape index (κ1) is 13.1. The predicted molar refractivity (Wildman–Crippen MR) is 80.5 cm³/mol. The topological polar surface area (TPSA) is 9.23 Å². The average Bonchev–Trinajstić information content (AvgIpc) is 2.85. The van der Waals surface area contributed by atoms with E-state index >= 15 is 0 Å². The van der Waals surface area contributed by atoms with Gasteiger partial charge in [0, 0.05) is 16.5 Å². The maximum absolute atomic E-state index is 14.0. The first-order valence-electron chi connectivity index (χ1n) is 6.00. The number of fused-ring (bicyclic) bond motifs is 1. The molecule has 0 N–H and O–H groups in total. The van der Waals surface area contributed by atoms with Gasteiger partial charge in [-0.2, -0.15) is 0 Å². The Morgan fingerprint density at radius 2 is 2.05 bits per heavy atom. The Bertz CT molecular complexity index is 607. The molecule has 0 bridgehead atoms. The second kappa shape index (κ2) is 5.25. The Labute approximate surface area is 128 Å². The minimum atomic E-state index is -0.215. The number of halogens is 3. The van der Waals surface area contributed by atoms with Crippen LogP contribution in [-0.4, -0.2) is 6.61 Å². The van der Waals surface area contributed by atoms with Crippen molar-refractivity contribution in [1.29, 1.82) is 0 Å². The summed E-state index contributed by atoms with van der Waals surface area (Å²) in [7, 11) is 0. The molecule has 0 saturated carbocycles. The van der Waals surface area contributed by atoms with Crippen molar-refractivity contribution in [1.82, 2.24) is 0 Å². The first-order valence-corrected chi connectivity index (χ1v) is 7.71. The van der Waals surface area contributed by atoms with Gasteiger partial charge in [-0.1, -0.05) is 50.1 Å². The van der Waals surface area contributed by atoms with Gasteiger partial charge >= 0.3 is 0 Å². The van der Waals surface area contributed by atoms with E-state index < -0.39 is 0 Å². The molecule has 1 aliphatic heterocycles. The maximum Gasteiger partial charge on any atom is 0.129 e. The molecule has 2 aromatic carbocycles. The highest BCUT2D eigenvalue weighted by Gasteiger charge is 2.20. The summed E-state index contributed by atoms with van der Waals surface area (Å²) < 4.78 is 20.2. The molecule has 0 radical (unpaired) electrons. The van der Waals surface area contributed by atoms with E-state index in [1.165, 1.54) is 11.6 Å². The Morgan fingerprint density at radius 1 is 1.21 bits per heavy atom. The van der Waals surface area contributed by atoms with Crippen LogP contribution in [0.25, 0.3) is 0 Å². The van der Waals surface area contributed by atoms with E-state index in [0.717, 1.165) is 28.8 Å². The van der Waals surface area contributed by atoms with Gasteiger partial charge < -0.3 is 4.74 Å². The minimum absolute atomic E-state index is 0.172. The largest absolute Gasteiger partial charge is 0.493 e. The van der Waals surface area contributed by atoms with Crippen LogP contribution in [0.5, 0.6) is 5.75 Å². The molecule has 98 valence electrons. The fourth-order valence-corrected chi connectivity index (χ4v) is 3.91. The van der Waals surface area contributed by atoms with Gasteiger partial charge in [-0.05, 0) is 29.3 Å². The normalized spacial score (nSPS) is 14.9. The van der Waals surface area contributed by atoms with E-state index in [-0.39, 0.29) is 10.6 Å². The lowest BCUT2D eigenvalue weighted by Gasteiger charge is -2.14. The maximum atomic E-state index is 14.0. The summed E-state index contributed by atoms with van der Waals surface area (Å²) in [6.07, 6.45) is 0.918. The Morgan fingerprint density at radius 3 is 2.84 bits per heavy atom. The van der Waals surface area contributed by atoms with Gasteiger partial charge in [0.15, 0.2) is 0 Å². The number of benzene rings is 2. The zero-order valence-corrected chi connectivity index (χ0v) is 13.2. The third kappa shape index (κ3) is 2.43. The molecule has 0 aliphatic carbocycles. The molecule has 0 fully saturated rings. The highest BCUT2D eigenvalue weighted by atomic mass is 79.9. The lowest BCUT2D eigenvalue weighted by molar-refractivity contribution is 0.357. The average molecular weight is 386 g/mol. The van der Waals surface area contributed by atoms with Crippen molar-refractivity contribution in [3.05, 3.63) is 63.4 Å². The third-order valence-corrected chi connectivity index (χ3v) is 4.94. The summed E-state index contributed by atoms with van der Waals surface area (Å²) in [5, 5.41) is 0. The Hall–Kier alpha value is -0.870. The highest BCUT2D eigenvalue weighted by molar-refractivity contribution is 9.11. The smallest absolute Gasteiger partial charge is 0.129 e. The summed E-state index contributed by atoms with van der Waals surface area (Å²) in [5.41, 5.74) is 2.85.